The Morgan fingerprint density at radius 2 is 2.00 bits per heavy atom. The standard InChI is InChI=1S/C11H17IN2O2S/c1-11(2,17(3,15)16)7-14-10-5-4-8(12)6-9(10)13/h4-6,14H,7,13H2,1-3H3. The quantitative estimate of drug-likeness (QED) is 0.631. The predicted molar refractivity (Wildman–Crippen MR) is 81.0 cm³/mol. The summed E-state index contributed by atoms with van der Waals surface area (Å²) < 4.78 is 23.3. The first-order chi connectivity index (χ1) is 7.63. The van der Waals surface area contributed by atoms with Crippen LogP contribution in [0.1, 0.15) is 13.8 Å². The highest BCUT2D eigenvalue weighted by Crippen LogP contribution is 2.23. The Labute approximate surface area is 116 Å². The van der Waals surface area contributed by atoms with Crippen molar-refractivity contribution in [2.24, 2.45) is 0 Å². The molecular formula is C11H17IN2O2S. The van der Waals surface area contributed by atoms with Gasteiger partial charge in [0, 0.05) is 16.4 Å². The topological polar surface area (TPSA) is 72.2 Å². The highest BCUT2D eigenvalue weighted by atomic mass is 127. The number of nitrogen functional groups attached to an aromatic ring is 1. The molecule has 0 atom stereocenters. The molecule has 4 nitrogen and oxygen atoms in total. The lowest BCUT2D eigenvalue weighted by Gasteiger charge is -2.23. The summed E-state index contributed by atoms with van der Waals surface area (Å²) >= 11 is 2.18. The third-order valence-electron chi connectivity index (χ3n) is 2.72. The lowest BCUT2D eigenvalue weighted by molar-refractivity contribution is 0.560. The van der Waals surface area contributed by atoms with Crippen LogP contribution in [0.2, 0.25) is 0 Å². The Morgan fingerprint density at radius 1 is 1.41 bits per heavy atom. The minimum absolute atomic E-state index is 0.330. The normalized spacial score (nSPS) is 12.5. The van der Waals surface area contributed by atoms with Crippen LogP contribution in [0, 0.1) is 3.57 Å². The van der Waals surface area contributed by atoms with E-state index in [1.54, 1.807) is 13.8 Å². The highest BCUT2D eigenvalue weighted by Gasteiger charge is 2.29. The van der Waals surface area contributed by atoms with Gasteiger partial charge in [-0.05, 0) is 54.6 Å². The van der Waals surface area contributed by atoms with Gasteiger partial charge in [-0.1, -0.05) is 0 Å². The van der Waals surface area contributed by atoms with E-state index in [0.29, 0.717) is 12.2 Å². The number of sulfone groups is 1. The molecular weight excluding hydrogens is 351 g/mol. The summed E-state index contributed by atoms with van der Waals surface area (Å²) in [6.07, 6.45) is 1.24. The van der Waals surface area contributed by atoms with Crippen LogP contribution in [0.25, 0.3) is 0 Å². The van der Waals surface area contributed by atoms with Crippen molar-refractivity contribution in [1.29, 1.82) is 0 Å². The zero-order chi connectivity index (χ0) is 13.3. The van der Waals surface area contributed by atoms with Crippen LogP contribution in [-0.4, -0.2) is 26.0 Å². The van der Waals surface area contributed by atoms with E-state index in [1.165, 1.54) is 6.26 Å². The number of rotatable bonds is 4. The van der Waals surface area contributed by atoms with Crippen LogP contribution in [-0.2, 0) is 9.84 Å². The van der Waals surface area contributed by atoms with Crippen LogP contribution in [0.3, 0.4) is 0 Å². The minimum Gasteiger partial charge on any atom is -0.397 e. The van der Waals surface area contributed by atoms with Gasteiger partial charge in [-0.2, -0.15) is 0 Å². The van der Waals surface area contributed by atoms with Gasteiger partial charge in [0.05, 0.1) is 16.1 Å². The van der Waals surface area contributed by atoms with Crippen LogP contribution in [0.15, 0.2) is 18.2 Å². The third kappa shape index (κ3) is 3.74. The largest absolute Gasteiger partial charge is 0.397 e. The van der Waals surface area contributed by atoms with Gasteiger partial charge in [0.15, 0.2) is 9.84 Å². The fourth-order valence-corrected chi connectivity index (χ4v) is 1.98. The van der Waals surface area contributed by atoms with Crippen molar-refractivity contribution in [3.63, 3.8) is 0 Å². The van der Waals surface area contributed by atoms with E-state index in [-0.39, 0.29) is 0 Å². The zero-order valence-electron chi connectivity index (χ0n) is 10.1. The van der Waals surface area contributed by atoms with Gasteiger partial charge in [0.25, 0.3) is 0 Å². The smallest absolute Gasteiger partial charge is 0.154 e. The third-order valence-corrected chi connectivity index (χ3v) is 5.54. The molecule has 6 heteroatoms. The molecule has 1 aromatic rings. The van der Waals surface area contributed by atoms with Gasteiger partial charge < -0.3 is 11.1 Å². The monoisotopic (exact) mass is 368 g/mol. The first-order valence-corrected chi connectivity index (χ1v) is 8.09. The summed E-state index contributed by atoms with van der Waals surface area (Å²) in [7, 11) is -3.10. The molecule has 0 amide bonds. The van der Waals surface area contributed by atoms with Gasteiger partial charge in [-0.3, -0.25) is 0 Å². The maximum atomic E-state index is 11.5. The Bertz CT molecular complexity index is 512. The maximum absolute atomic E-state index is 11.5. The van der Waals surface area contributed by atoms with Crippen molar-refractivity contribution in [1.82, 2.24) is 0 Å². The molecule has 0 aliphatic carbocycles. The predicted octanol–water partition coefficient (Wildman–Crippen LogP) is 2.11. The molecule has 3 N–H and O–H groups in total. The van der Waals surface area contributed by atoms with Gasteiger partial charge in [0.2, 0.25) is 0 Å². The molecule has 0 aliphatic heterocycles. The van der Waals surface area contributed by atoms with Gasteiger partial charge >= 0.3 is 0 Å². The number of hydrogen-bond acceptors (Lipinski definition) is 4. The van der Waals surface area contributed by atoms with Gasteiger partial charge in [-0.25, -0.2) is 8.42 Å². The Morgan fingerprint density at radius 3 is 2.47 bits per heavy atom. The summed E-state index contributed by atoms with van der Waals surface area (Å²) in [5.74, 6) is 0. The van der Waals surface area contributed by atoms with Gasteiger partial charge in [-0.15, -0.1) is 0 Å². The van der Waals surface area contributed by atoms with Crippen molar-refractivity contribution in [2.75, 3.05) is 23.9 Å². The molecule has 0 unspecified atom stereocenters. The number of nitrogens with one attached hydrogen (secondary N) is 1. The Hall–Kier alpha value is -0.500. The SMILES string of the molecule is CC(C)(CNc1ccc(I)cc1N)S(C)(=O)=O. The second-order valence-corrected chi connectivity index (χ2v) is 8.51. The lowest BCUT2D eigenvalue weighted by Crippen LogP contribution is -2.38. The van der Waals surface area contributed by atoms with Crippen LogP contribution >= 0.6 is 22.6 Å². The molecule has 0 bridgehead atoms. The highest BCUT2D eigenvalue weighted by molar-refractivity contribution is 14.1. The second-order valence-electron chi connectivity index (χ2n) is 4.62. The first-order valence-electron chi connectivity index (χ1n) is 5.12. The van der Waals surface area contributed by atoms with E-state index < -0.39 is 14.6 Å². The van der Waals surface area contributed by atoms with Crippen molar-refractivity contribution >= 4 is 43.8 Å². The number of nitrogens with two attached hydrogens (primary N) is 1. The lowest BCUT2D eigenvalue weighted by atomic mass is 10.2. The molecule has 17 heavy (non-hydrogen) atoms. The first kappa shape index (κ1) is 14.6. The van der Waals surface area contributed by atoms with Crippen molar-refractivity contribution in [3.05, 3.63) is 21.8 Å². The molecule has 0 radical (unpaired) electrons. The van der Waals surface area contributed by atoms with Crippen LogP contribution < -0.4 is 11.1 Å². The van der Waals surface area contributed by atoms with E-state index in [9.17, 15) is 8.42 Å². The number of benzene rings is 1. The molecule has 0 heterocycles. The zero-order valence-corrected chi connectivity index (χ0v) is 13.1. The van der Waals surface area contributed by atoms with E-state index in [4.69, 9.17) is 5.73 Å². The molecule has 1 rings (SSSR count). The van der Waals surface area contributed by atoms with Crippen molar-refractivity contribution in [2.45, 2.75) is 18.6 Å². The molecule has 0 saturated heterocycles. The van der Waals surface area contributed by atoms with E-state index in [2.05, 4.69) is 27.9 Å². The fraction of sp³-hybridized carbons (Fsp3) is 0.455. The number of halogens is 1. The molecule has 0 aromatic heterocycles. The fourth-order valence-electron chi connectivity index (χ4n) is 1.13. The maximum Gasteiger partial charge on any atom is 0.154 e. The van der Waals surface area contributed by atoms with E-state index in [1.807, 2.05) is 18.2 Å². The van der Waals surface area contributed by atoms with Crippen LogP contribution in [0.5, 0.6) is 0 Å². The van der Waals surface area contributed by atoms with Crippen LogP contribution in [0.4, 0.5) is 11.4 Å². The summed E-state index contributed by atoms with van der Waals surface area (Å²) in [6.45, 7) is 3.72. The summed E-state index contributed by atoms with van der Waals surface area (Å²) in [6, 6.07) is 5.62. The molecule has 96 valence electrons. The number of anilines is 2. The summed E-state index contributed by atoms with van der Waals surface area (Å²) in [5, 5.41) is 3.08. The van der Waals surface area contributed by atoms with Crippen molar-refractivity contribution < 1.29 is 8.42 Å². The van der Waals surface area contributed by atoms with E-state index >= 15 is 0 Å². The summed E-state index contributed by atoms with van der Waals surface area (Å²) in [5.41, 5.74) is 7.24. The average Bonchev–Trinajstić information content (AvgIpc) is 2.14. The summed E-state index contributed by atoms with van der Waals surface area (Å²) in [4.78, 5) is 0. The van der Waals surface area contributed by atoms with Crippen molar-refractivity contribution in [3.8, 4) is 0 Å². The van der Waals surface area contributed by atoms with E-state index in [0.717, 1.165) is 9.26 Å². The number of hydrogen-bond donors (Lipinski definition) is 2. The van der Waals surface area contributed by atoms with Gasteiger partial charge in [0.1, 0.15) is 0 Å². The molecule has 0 fully saturated rings. The average molecular weight is 368 g/mol. The minimum atomic E-state index is -3.10. The second kappa shape index (κ2) is 5.01. The Kier molecular flexibility index (Phi) is 4.29. The molecule has 0 saturated carbocycles. The Balaban J connectivity index is 2.81. The molecule has 1 aromatic carbocycles. The molecule has 0 spiro atoms. The molecule has 0 aliphatic rings.